The fourth-order valence-electron chi connectivity index (χ4n) is 1.26. The summed E-state index contributed by atoms with van der Waals surface area (Å²) in [4.78, 5) is 0. The molecule has 2 aromatic carbocycles. The van der Waals surface area contributed by atoms with Crippen molar-refractivity contribution in [3.63, 3.8) is 0 Å². The van der Waals surface area contributed by atoms with Gasteiger partial charge in [-0.2, -0.15) is 0 Å². The van der Waals surface area contributed by atoms with Gasteiger partial charge in [0.15, 0.2) is 0 Å². The lowest BCUT2D eigenvalue weighted by molar-refractivity contribution is 0.752. The molecule has 2 nitrogen and oxygen atoms in total. The molecule has 1 unspecified atom stereocenters. The van der Waals surface area contributed by atoms with Crippen LogP contribution in [0.25, 0.3) is 11.1 Å². The van der Waals surface area contributed by atoms with Gasteiger partial charge in [0.05, 0.1) is 0 Å². The zero-order chi connectivity index (χ0) is 12.5. The highest BCUT2D eigenvalue weighted by atomic mass is 14.7. The summed E-state index contributed by atoms with van der Waals surface area (Å²) in [6.45, 7) is 2.46. The van der Waals surface area contributed by atoms with Crippen LogP contribution in [0.15, 0.2) is 60.7 Å². The lowest BCUT2D eigenvalue weighted by atomic mass is 10.1. The van der Waals surface area contributed by atoms with Crippen LogP contribution in [0.3, 0.4) is 0 Å². The molecule has 2 heteroatoms. The third-order valence-corrected chi connectivity index (χ3v) is 2.25. The zero-order valence-electron chi connectivity index (χ0n) is 10.2. The summed E-state index contributed by atoms with van der Waals surface area (Å²) in [6.07, 6.45) is 0. The van der Waals surface area contributed by atoms with Gasteiger partial charge in [-0.05, 0) is 18.1 Å². The molecule has 2 rings (SSSR count). The zero-order valence-corrected chi connectivity index (χ0v) is 10.2. The third kappa shape index (κ3) is 5.29. The molecule has 4 N–H and O–H groups in total. The lowest BCUT2D eigenvalue weighted by Crippen LogP contribution is -2.25. The Morgan fingerprint density at radius 1 is 0.824 bits per heavy atom. The van der Waals surface area contributed by atoms with Crippen LogP contribution in [-0.4, -0.2) is 12.6 Å². The fourth-order valence-corrected chi connectivity index (χ4v) is 1.26. The molecule has 2 aromatic rings. The van der Waals surface area contributed by atoms with E-state index >= 15 is 0 Å². The van der Waals surface area contributed by atoms with Gasteiger partial charge in [-0.15, -0.1) is 0 Å². The first-order valence-corrected chi connectivity index (χ1v) is 5.80. The van der Waals surface area contributed by atoms with Crippen LogP contribution in [0.4, 0.5) is 0 Å². The highest BCUT2D eigenvalue weighted by Gasteiger charge is 1.91. The van der Waals surface area contributed by atoms with E-state index in [9.17, 15) is 0 Å². The van der Waals surface area contributed by atoms with Crippen LogP contribution in [0, 0.1) is 0 Å². The van der Waals surface area contributed by atoms with Gasteiger partial charge in [-0.3, -0.25) is 0 Å². The van der Waals surface area contributed by atoms with Crippen molar-refractivity contribution >= 4 is 0 Å². The van der Waals surface area contributed by atoms with E-state index in [-0.39, 0.29) is 6.04 Å². The summed E-state index contributed by atoms with van der Waals surface area (Å²) in [7, 11) is 0. The SMILES string of the molecule is CC(N)CN.c1ccc(-c2ccccc2)cc1. The summed E-state index contributed by atoms with van der Waals surface area (Å²) < 4.78 is 0. The van der Waals surface area contributed by atoms with E-state index in [1.807, 2.05) is 19.1 Å². The molecule has 0 amide bonds. The van der Waals surface area contributed by atoms with E-state index in [4.69, 9.17) is 11.5 Å². The second-order valence-corrected chi connectivity index (χ2v) is 3.95. The Kier molecular flexibility index (Phi) is 6.00. The molecule has 0 saturated heterocycles. The monoisotopic (exact) mass is 228 g/mol. The van der Waals surface area contributed by atoms with E-state index < -0.39 is 0 Å². The third-order valence-electron chi connectivity index (χ3n) is 2.25. The molecule has 0 saturated carbocycles. The van der Waals surface area contributed by atoms with Gasteiger partial charge < -0.3 is 11.5 Å². The van der Waals surface area contributed by atoms with Gasteiger partial charge in [-0.25, -0.2) is 0 Å². The second kappa shape index (κ2) is 7.60. The Bertz CT molecular complexity index is 358. The highest BCUT2D eigenvalue weighted by Crippen LogP contribution is 2.17. The van der Waals surface area contributed by atoms with Crippen molar-refractivity contribution in [2.75, 3.05) is 6.54 Å². The molecule has 17 heavy (non-hydrogen) atoms. The average Bonchev–Trinajstić information content (AvgIpc) is 2.41. The summed E-state index contributed by atoms with van der Waals surface area (Å²) in [5.41, 5.74) is 12.8. The fraction of sp³-hybridized carbons (Fsp3) is 0.200. The van der Waals surface area contributed by atoms with Gasteiger partial charge in [0.2, 0.25) is 0 Å². The van der Waals surface area contributed by atoms with E-state index in [2.05, 4.69) is 48.5 Å². The molecular formula is C15H20N2. The predicted octanol–water partition coefficient (Wildman–Crippen LogP) is 2.65. The number of hydrogen-bond acceptors (Lipinski definition) is 2. The Balaban J connectivity index is 0.000000249. The summed E-state index contributed by atoms with van der Waals surface area (Å²) in [5, 5.41) is 0. The maximum atomic E-state index is 5.17. The quantitative estimate of drug-likeness (QED) is 0.830. The van der Waals surface area contributed by atoms with Gasteiger partial charge in [0.25, 0.3) is 0 Å². The predicted molar refractivity (Wildman–Crippen MR) is 74.6 cm³/mol. The molecular weight excluding hydrogens is 208 g/mol. The standard InChI is InChI=1S/C12H10.C3H10N2/c1-3-7-11(8-4-1)12-9-5-2-6-10-12;1-3(5)2-4/h1-10H;3H,2,4-5H2,1H3. The summed E-state index contributed by atoms with van der Waals surface area (Å²) in [5.74, 6) is 0. The minimum atomic E-state index is 0.162. The molecule has 0 aliphatic carbocycles. The Morgan fingerprint density at radius 2 is 1.12 bits per heavy atom. The minimum absolute atomic E-state index is 0.162. The Morgan fingerprint density at radius 3 is 1.35 bits per heavy atom. The van der Waals surface area contributed by atoms with E-state index in [0.29, 0.717) is 6.54 Å². The van der Waals surface area contributed by atoms with Gasteiger partial charge >= 0.3 is 0 Å². The summed E-state index contributed by atoms with van der Waals surface area (Å²) in [6, 6.07) is 20.9. The molecule has 0 aromatic heterocycles. The molecule has 0 radical (unpaired) electrons. The van der Waals surface area contributed by atoms with Crippen LogP contribution < -0.4 is 11.5 Å². The van der Waals surface area contributed by atoms with Gasteiger partial charge in [0.1, 0.15) is 0 Å². The van der Waals surface area contributed by atoms with Crippen LogP contribution in [-0.2, 0) is 0 Å². The molecule has 0 heterocycles. The number of nitrogens with two attached hydrogens (primary N) is 2. The smallest absolute Gasteiger partial charge is 0.0134 e. The number of benzene rings is 2. The van der Waals surface area contributed by atoms with Crippen molar-refractivity contribution in [3.05, 3.63) is 60.7 Å². The van der Waals surface area contributed by atoms with Crippen molar-refractivity contribution in [2.45, 2.75) is 13.0 Å². The molecule has 0 aliphatic heterocycles. The average molecular weight is 228 g/mol. The normalized spacial score (nSPS) is 11.2. The van der Waals surface area contributed by atoms with E-state index in [1.54, 1.807) is 0 Å². The van der Waals surface area contributed by atoms with Crippen LogP contribution in [0.5, 0.6) is 0 Å². The van der Waals surface area contributed by atoms with E-state index in [1.165, 1.54) is 11.1 Å². The number of hydrogen-bond donors (Lipinski definition) is 2. The number of rotatable bonds is 2. The molecule has 0 spiro atoms. The first-order valence-electron chi connectivity index (χ1n) is 5.80. The Hall–Kier alpha value is -1.64. The summed E-state index contributed by atoms with van der Waals surface area (Å²) >= 11 is 0. The van der Waals surface area contributed by atoms with Crippen molar-refractivity contribution in [2.24, 2.45) is 11.5 Å². The second-order valence-electron chi connectivity index (χ2n) is 3.95. The molecule has 0 bridgehead atoms. The van der Waals surface area contributed by atoms with Crippen LogP contribution in [0.1, 0.15) is 6.92 Å². The lowest BCUT2D eigenvalue weighted by Gasteiger charge is -1.98. The van der Waals surface area contributed by atoms with Gasteiger partial charge in [-0.1, -0.05) is 60.7 Å². The maximum Gasteiger partial charge on any atom is 0.0134 e. The molecule has 0 aliphatic rings. The minimum Gasteiger partial charge on any atom is -0.329 e. The van der Waals surface area contributed by atoms with Crippen LogP contribution in [0.2, 0.25) is 0 Å². The highest BCUT2D eigenvalue weighted by molar-refractivity contribution is 5.62. The molecule has 1 atom stereocenters. The first kappa shape index (κ1) is 13.4. The Labute approximate surface area is 103 Å². The maximum absolute atomic E-state index is 5.17. The van der Waals surface area contributed by atoms with Crippen LogP contribution >= 0.6 is 0 Å². The van der Waals surface area contributed by atoms with Crippen molar-refractivity contribution in [1.29, 1.82) is 0 Å². The van der Waals surface area contributed by atoms with E-state index in [0.717, 1.165) is 0 Å². The van der Waals surface area contributed by atoms with Crippen molar-refractivity contribution < 1.29 is 0 Å². The topological polar surface area (TPSA) is 52.0 Å². The van der Waals surface area contributed by atoms with Crippen molar-refractivity contribution in [3.8, 4) is 11.1 Å². The molecule has 0 fully saturated rings. The molecule has 90 valence electrons. The van der Waals surface area contributed by atoms with Crippen molar-refractivity contribution in [1.82, 2.24) is 0 Å². The first-order chi connectivity index (χ1) is 8.24. The van der Waals surface area contributed by atoms with Gasteiger partial charge in [0, 0.05) is 12.6 Å². The largest absolute Gasteiger partial charge is 0.329 e.